The number of nitrogens with one attached hydrogen (secondary N) is 2. The summed E-state index contributed by atoms with van der Waals surface area (Å²) in [6, 6.07) is 16.8. The first-order valence-corrected chi connectivity index (χ1v) is 10.6. The number of ether oxygens (including phenoxy) is 1. The molecule has 2 aromatic carbocycles. The highest BCUT2D eigenvalue weighted by molar-refractivity contribution is 6.09. The largest absolute Gasteiger partial charge is 0.378 e. The molecule has 2 heterocycles. The molecule has 1 aliphatic heterocycles. The van der Waals surface area contributed by atoms with Crippen molar-refractivity contribution < 1.29 is 14.3 Å². The van der Waals surface area contributed by atoms with Gasteiger partial charge in [-0.05, 0) is 48.4 Å². The highest BCUT2D eigenvalue weighted by Crippen LogP contribution is 2.22. The molecule has 164 valence electrons. The van der Waals surface area contributed by atoms with Crippen LogP contribution in [0, 0.1) is 6.92 Å². The van der Waals surface area contributed by atoms with Gasteiger partial charge in [-0.25, -0.2) is 0 Å². The molecule has 0 spiro atoms. The number of anilines is 2. The van der Waals surface area contributed by atoms with Crippen molar-refractivity contribution in [3.8, 4) is 0 Å². The van der Waals surface area contributed by atoms with Crippen molar-refractivity contribution in [2.45, 2.75) is 13.5 Å². The molecule has 0 saturated carbocycles. The molecule has 1 saturated heterocycles. The zero-order valence-electron chi connectivity index (χ0n) is 18.0. The number of carbonyl (C=O) groups is 2. The Labute approximate surface area is 187 Å². The molecule has 2 amide bonds. The van der Waals surface area contributed by atoms with E-state index in [1.807, 2.05) is 31.2 Å². The van der Waals surface area contributed by atoms with E-state index >= 15 is 0 Å². The van der Waals surface area contributed by atoms with Crippen LogP contribution >= 0.6 is 0 Å². The van der Waals surface area contributed by atoms with Gasteiger partial charge in [-0.15, -0.1) is 0 Å². The van der Waals surface area contributed by atoms with Gasteiger partial charge in [0, 0.05) is 43.3 Å². The van der Waals surface area contributed by atoms with Gasteiger partial charge in [-0.3, -0.25) is 14.6 Å². The predicted octanol–water partition coefficient (Wildman–Crippen LogP) is 3.41. The third-order valence-corrected chi connectivity index (χ3v) is 5.46. The molecular formula is C25H26N4O3. The average Bonchev–Trinajstić information content (AvgIpc) is 2.85. The van der Waals surface area contributed by atoms with Crippen LogP contribution in [0.2, 0.25) is 0 Å². The summed E-state index contributed by atoms with van der Waals surface area (Å²) in [6.07, 6.45) is 3.12. The molecule has 1 aliphatic rings. The van der Waals surface area contributed by atoms with E-state index in [0.717, 1.165) is 43.1 Å². The lowest BCUT2D eigenvalue weighted by atomic mass is 10.1. The Morgan fingerprint density at radius 3 is 2.41 bits per heavy atom. The Kier molecular flexibility index (Phi) is 6.77. The number of morpholine rings is 1. The van der Waals surface area contributed by atoms with Gasteiger partial charge >= 0.3 is 0 Å². The number of aryl methyl sites for hydroxylation is 1. The number of hydrogen-bond donors (Lipinski definition) is 2. The van der Waals surface area contributed by atoms with Crippen LogP contribution in [0.1, 0.15) is 31.8 Å². The number of benzene rings is 2. The number of carbonyl (C=O) groups excluding carboxylic acids is 2. The minimum Gasteiger partial charge on any atom is -0.378 e. The third-order valence-electron chi connectivity index (χ3n) is 5.46. The average molecular weight is 431 g/mol. The normalized spacial score (nSPS) is 13.5. The molecule has 0 radical (unpaired) electrons. The molecular weight excluding hydrogens is 404 g/mol. The molecule has 0 bridgehead atoms. The van der Waals surface area contributed by atoms with Gasteiger partial charge in [-0.2, -0.15) is 0 Å². The van der Waals surface area contributed by atoms with E-state index in [1.165, 1.54) is 0 Å². The van der Waals surface area contributed by atoms with E-state index in [4.69, 9.17) is 4.74 Å². The maximum Gasteiger partial charge on any atom is 0.255 e. The summed E-state index contributed by atoms with van der Waals surface area (Å²) in [7, 11) is 0. The zero-order chi connectivity index (χ0) is 22.3. The fourth-order valence-corrected chi connectivity index (χ4v) is 3.64. The van der Waals surface area contributed by atoms with Crippen LogP contribution in [0.5, 0.6) is 0 Å². The lowest BCUT2D eigenvalue weighted by Crippen LogP contribution is -2.36. The fourth-order valence-electron chi connectivity index (χ4n) is 3.64. The van der Waals surface area contributed by atoms with Crippen LogP contribution in [-0.4, -0.2) is 43.1 Å². The molecule has 2 N–H and O–H groups in total. The molecule has 0 aliphatic carbocycles. The number of amides is 2. The van der Waals surface area contributed by atoms with Gasteiger partial charge in [0.1, 0.15) is 0 Å². The Morgan fingerprint density at radius 2 is 1.69 bits per heavy atom. The van der Waals surface area contributed by atoms with E-state index in [1.54, 1.807) is 30.6 Å². The lowest BCUT2D eigenvalue weighted by Gasteiger charge is -2.28. The monoisotopic (exact) mass is 430 g/mol. The summed E-state index contributed by atoms with van der Waals surface area (Å²) in [5.74, 6) is -0.523. The first-order valence-electron chi connectivity index (χ1n) is 10.6. The number of nitrogens with zero attached hydrogens (tertiary/aromatic N) is 2. The quantitative estimate of drug-likeness (QED) is 0.626. The maximum atomic E-state index is 12.9. The summed E-state index contributed by atoms with van der Waals surface area (Å²) in [5, 5.41) is 5.84. The van der Waals surface area contributed by atoms with Crippen LogP contribution < -0.4 is 15.5 Å². The highest BCUT2D eigenvalue weighted by atomic mass is 16.5. The topological polar surface area (TPSA) is 83.6 Å². The van der Waals surface area contributed by atoms with Gasteiger partial charge in [-0.1, -0.05) is 24.3 Å². The van der Waals surface area contributed by atoms with Crippen molar-refractivity contribution in [1.82, 2.24) is 10.3 Å². The van der Waals surface area contributed by atoms with Crippen LogP contribution in [0.3, 0.4) is 0 Å². The van der Waals surface area contributed by atoms with Gasteiger partial charge < -0.3 is 20.3 Å². The van der Waals surface area contributed by atoms with E-state index in [2.05, 4.69) is 32.7 Å². The second-order valence-electron chi connectivity index (χ2n) is 7.64. The second kappa shape index (κ2) is 10.1. The van der Waals surface area contributed by atoms with Crippen molar-refractivity contribution in [2.75, 3.05) is 36.5 Å². The summed E-state index contributed by atoms with van der Waals surface area (Å²) in [5.41, 5.74) is 4.39. The minimum atomic E-state index is -0.283. The minimum absolute atomic E-state index is 0.240. The van der Waals surface area contributed by atoms with Crippen LogP contribution in [0.25, 0.3) is 0 Å². The van der Waals surface area contributed by atoms with Crippen LogP contribution in [0.15, 0.2) is 67.0 Å². The van der Waals surface area contributed by atoms with E-state index in [0.29, 0.717) is 23.4 Å². The van der Waals surface area contributed by atoms with Gasteiger partial charge in [0.15, 0.2) is 0 Å². The van der Waals surface area contributed by atoms with Crippen molar-refractivity contribution in [2.24, 2.45) is 0 Å². The Hall–Kier alpha value is -3.71. The fraction of sp³-hybridized carbons (Fsp3) is 0.240. The van der Waals surface area contributed by atoms with Crippen LogP contribution in [-0.2, 0) is 11.3 Å². The SMILES string of the molecule is Cc1cccc(C(=O)NCc2ccc(N3CCOCC3)cc2)c1NC(=O)c1ccncc1. The smallest absolute Gasteiger partial charge is 0.255 e. The summed E-state index contributed by atoms with van der Waals surface area (Å²) in [6.45, 7) is 5.52. The number of rotatable bonds is 6. The molecule has 0 atom stereocenters. The zero-order valence-corrected chi connectivity index (χ0v) is 18.0. The predicted molar refractivity (Wildman–Crippen MR) is 124 cm³/mol. The van der Waals surface area contributed by atoms with E-state index in [-0.39, 0.29) is 11.8 Å². The number of aromatic nitrogens is 1. The maximum absolute atomic E-state index is 12.9. The van der Waals surface area contributed by atoms with Gasteiger partial charge in [0.25, 0.3) is 11.8 Å². The number of hydrogen-bond acceptors (Lipinski definition) is 5. The molecule has 1 aromatic heterocycles. The van der Waals surface area contributed by atoms with Crippen molar-refractivity contribution in [3.63, 3.8) is 0 Å². The van der Waals surface area contributed by atoms with Crippen molar-refractivity contribution >= 4 is 23.2 Å². The van der Waals surface area contributed by atoms with E-state index < -0.39 is 0 Å². The summed E-state index contributed by atoms with van der Waals surface area (Å²) >= 11 is 0. The first-order chi connectivity index (χ1) is 15.6. The Balaban J connectivity index is 1.42. The van der Waals surface area contributed by atoms with Crippen molar-refractivity contribution in [1.29, 1.82) is 0 Å². The van der Waals surface area contributed by atoms with Crippen LogP contribution in [0.4, 0.5) is 11.4 Å². The standard InChI is InChI=1S/C25H26N4O3/c1-18-3-2-4-22(23(18)28-24(30)20-9-11-26-12-10-20)25(31)27-17-19-5-7-21(8-6-19)29-13-15-32-16-14-29/h2-12H,13-17H2,1H3,(H,27,31)(H,28,30). The second-order valence-corrected chi connectivity index (χ2v) is 7.64. The molecule has 7 nitrogen and oxygen atoms in total. The molecule has 1 fully saturated rings. The summed E-state index contributed by atoms with van der Waals surface area (Å²) < 4.78 is 5.40. The number of pyridine rings is 1. The lowest BCUT2D eigenvalue weighted by molar-refractivity contribution is 0.0951. The Bertz CT molecular complexity index is 1080. The first kappa shape index (κ1) is 21.5. The molecule has 3 aromatic rings. The highest BCUT2D eigenvalue weighted by Gasteiger charge is 2.16. The molecule has 0 unspecified atom stereocenters. The molecule has 32 heavy (non-hydrogen) atoms. The summed E-state index contributed by atoms with van der Waals surface area (Å²) in [4.78, 5) is 31.7. The van der Waals surface area contributed by atoms with Gasteiger partial charge in [0.2, 0.25) is 0 Å². The third kappa shape index (κ3) is 5.12. The molecule has 4 rings (SSSR count). The van der Waals surface area contributed by atoms with Crippen molar-refractivity contribution in [3.05, 3.63) is 89.2 Å². The van der Waals surface area contributed by atoms with E-state index in [9.17, 15) is 9.59 Å². The van der Waals surface area contributed by atoms with Gasteiger partial charge in [0.05, 0.1) is 24.5 Å². The number of para-hydroxylation sites is 1. The Morgan fingerprint density at radius 1 is 0.969 bits per heavy atom. The molecule has 7 heteroatoms.